The summed E-state index contributed by atoms with van der Waals surface area (Å²) in [5.74, 6) is 2.31. The van der Waals surface area contributed by atoms with Gasteiger partial charge in [-0.1, -0.05) is 49.4 Å². The number of ether oxygens (including phenoxy) is 1. The van der Waals surface area contributed by atoms with E-state index in [1.54, 1.807) is 0 Å². The summed E-state index contributed by atoms with van der Waals surface area (Å²) in [6.45, 7) is 2.98. The van der Waals surface area contributed by atoms with Crippen molar-refractivity contribution in [1.82, 2.24) is 0 Å². The molecule has 21 heavy (non-hydrogen) atoms. The van der Waals surface area contributed by atoms with E-state index in [2.05, 4.69) is 55.5 Å². The average Bonchev–Trinajstić information content (AvgIpc) is 2.50. The van der Waals surface area contributed by atoms with Crippen LogP contribution in [-0.4, -0.2) is 12.5 Å². The van der Waals surface area contributed by atoms with Crippen LogP contribution in [0.4, 0.5) is 0 Å². The van der Waals surface area contributed by atoms with Crippen molar-refractivity contribution >= 4 is 11.6 Å². The Morgan fingerprint density at radius 3 is 2.24 bits per heavy atom. The molecule has 0 N–H and O–H groups in total. The Kier molecular flexibility index (Phi) is 6.62. The number of hydrogen-bond acceptors (Lipinski definition) is 1. The Labute approximate surface area is 132 Å². The first-order valence-corrected chi connectivity index (χ1v) is 8.13. The molecule has 1 unspecified atom stereocenters. The zero-order valence-corrected chi connectivity index (χ0v) is 13.4. The van der Waals surface area contributed by atoms with Crippen LogP contribution in [0.25, 0.3) is 0 Å². The van der Waals surface area contributed by atoms with Crippen molar-refractivity contribution in [3.8, 4) is 5.75 Å². The van der Waals surface area contributed by atoms with Gasteiger partial charge in [0, 0.05) is 5.88 Å². The van der Waals surface area contributed by atoms with E-state index in [1.807, 2.05) is 6.07 Å². The smallest absolute Gasteiger partial charge is 0.119 e. The van der Waals surface area contributed by atoms with Crippen molar-refractivity contribution < 1.29 is 4.74 Å². The van der Waals surface area contributed by atoms with E-state index < -0.39 is 0 Å². The first kappa shape index (κ1) is 15.9. The molecule has 1 nitrogen and oxygen atoms in total. The van der Waals surface area contributed by atoms with E-state index in [0.29, 0.717) is 5.92 Å². The summed E-state index contributed by atoms with van der Waals surface area (Å²) in [4.78, 5) is 0. The number of hydrogen-bond donors (Lipinski definition) is 0. The zero-order chi connectivity index (χ0) is 14.9. The topological polar surface area (TPSA) is 9.23 Å². The minimum Gasteiger partial charge on any atom is -0.494 e. The Bertz CT molecular complexity index is 507. The fraction of sp³-hybridized carbons (Fsp3) is 0.368. The molecule has 0 radical (unpaired) electrons. The van der Waals surface area contributed by atoms with Gasteiger partial charge in [0.2, 0.25) is 0 Å². The second-order valence-electron chi connectivity index (χ2n) is 5.53. The minimum absolute atomic E-state index is 0.625. The fourth-order valence-corrected chi connectivity index (χ4v) is 2.62. The van der Waals surface area contributed by atoms with Gasteiger partial charge in [0.15, 0.2) is 0 Å². The van der Waals surface area contributed by atoms with Gasteiger partial charge < -0.3 is 4.74 Å². The van der Waals surface area contributed by atoms with E-state index in [-0.39, 0.29) is 0 Å². The zero-order valence-electron chi connectivity index (χ0n) is 12.6. The highest BCUT2D eigenvalue weighted by molar-refractivity contribution is 6.17. The second kappa shape index (κ2) is 8.74. The van der Waals surface area contributed by atoms with E-state index in [1.165, 1.54) is 11.1 Å². The lowest BCUT2D eigenvalue weighted by Gasteiger charge is -2.11. The lowest BCUT2D eigenvalue weighted by molar-refractivity contribution is 0.282. The molecule has 0 amide bonds. The maximum Gasteiger partial charge on any atom is 0.119 e. The third-order valence-corrected chi connectivity index (χ3v) is 3.87. The maximum absolute atomic E-state index is 5.79. The van der Waals surface area contributed by atoms with Crippen molar-refractivity contribution in [2.75, 3.05) is 12.5 Å². The standard InChI is InChI=1S/C19H23ClO/c1-16(11-13-20)12-14-21-19-9-7-18(8-10-19)15-17-5-3-2-4-6-17/h2-10,16H,11-15H2,1H3. The molecule has 2 aromatic rings. The molecule has 0 saturated carbocycles. The number of halogens is 1. The second-order valence-corrected chi connectivity index (χ2v) is 5.90. The highest BCUT2D eigenvalue weighted by atomic mass is 35.5. The van der Waals surface area contributed by atoms with Gasteiger partial charge in [0.1, 0.15) is 5.75 Å². The maximum atomic E-state index is 5.79. The van der Waals surface area contributed by atoms with Crippen LogP contribution < -0.4 is 4.74 Å². The average molecular weight is 303 g/mol. The molecule has 0 fully saturated rings. The highest BCUT2D eigenvalue weighted by Gasteiger charge is 2.02. The Morgan fingerprint density at radius 2 is 1.57 bits per heavy atom. The summed E-state index contributed by atoms with van der Waals surface area (Å²) in [6.07, 6.45) is 3.08. The van der Waals surface area contributed by atoms with Crippen LogP contribution in [0.2, 0.25) is 0 Å². The molecular weight excluding hydrogens is 280 g/mol. The van der Waals surface area contributed by atoms with Gasteiger partial charge in [-0.15, -0.1) is 11.6 Å². The van der Waals surface area contributed by atoms with E-state index in [0.717, 1.165) is 37.5 Å². The predicted molar refractivity (Wildman–Crippen MR) is 90.3 cm³/mol. The summed E-state index contributed by atoms with van der Waals surface area (Å²) in [6, 6.07) is 18.9. The van der Waals surface area contributed by atoms with E-state index in [9.17, 15) is 0 Å². The van der Waals surface area contributed by atoms with Crippen LogP contribution in [0.5, 0.6) is 5.75 Å². The largest absolute Gasteiger partial charge is 0.494 e. The van der Waals surface area contributed by atoms with Crippen molar-refractivity contribution in [3.05, 3.63) is 65.7 Å². The first-order chi connectivity index (χ1) is 10.3. The van der Waals surface area contributed by atoms with Gasteiger partial charge in [0.25, 0.3) is 0 Å². The lowest BCUT2D eigenvalue weighted by Crippen LogP contribution is -2.04. The molecule has 2 rings (SSSR count). The normalized spacial score (nSPS) is 12.1. The first-order valence-electron chi connectivity index (χ1n) is 7.59. The van der Waals surface area contributed by atoms with E-state index in [4.69, 9.17) is 16.3 Å². The Hall–Kier alpha value is -1.47. The number of alkyl halides is 1. The molecule has 1 atom stereocenters. The molecule has 2 heteroatoms. The van der Waals surface area contributed by atoms with Gasteiger partial charge in [-0.3, -0.25) is 0 Å². The van der Waals surface area contributed by atoms with E-state index >= 15 is 0 Å². The molecule has 0 aromatic heterocycles. The van der Waals surface area contributed by atoms with Gasteiger partial charge in [0.05, 0.1) is 6.61 Å². The highest BCUT2D eigenvalue weighted by Crippen LogP contribution is 2.16. The third kappa shape index (κ3) is 5.81. The van der Waals surface area contributed by atoms with Gasteiger partial charge in [-0.2, -0.15) is 0 Å². The summed E-state index contributed by atoms with van der Waals surface area (Å²) < 4.78 is 5.79. The molecule has 0 saturated heterocycles. The molecule has 2 aromatic carbocycles. The van der Waals surface area contributed by atoms with Gasteiger partial charge in [-0.05, 0) is 48.4 Å². The lowest BCUT2D eigenvalue weighted by atomic mass is 10.1. The van der Waals surface area contributed by atoms with Crippen LogP contribution in [0, 0.1) is 5.92 Å². The number of rotatable bonds is 8. The molecule has 0 bridgehead atoms. The molecule has 0 aliphatic carbocycles. The Morgan fingerprint density at radius 1 is 0.905 bits per heavy atom. The molecule has 0 heterocycles. The van der Waals surface area contributed by atoms with Crippen molar-refractivity contribution in [1.29, 1.82) is 0 Å². The monoisotopic (exact) mass is 302 g/mol. The van der Waals surface area contributed by atoms with Crippen LogP contribution in [0.15, 0.2) is 54.6 Å². The molecule has 112 valence electrons. The van der Waals surface area contributed by atoms with Crippen LogP contribution in [0.1, 0.15) is 30.9 Å². The molecular formula is C19H23ClO. The van der Waals surface area contributed by atoms with Crippen LogP contribution in [0.3, 0.4) is 0 Å². The molecule has 0 spiro atoms. The minimum atomic E-state index is 0.625. The van der Waals surface area contributed by atoms with Crippen LogP contribution >= 0.6 is 11.6 Å². The summed E-state index contributed by atoms with van der Waals surface area (Å²) in [7, 11) is 0. The third-order valence-electron chi connectivity index (χ3n) is 3.66. The van der Waals surface area contributed by atoms with Crippen LogP contribution in [-0.2, 0) is 6.42 Å². The van der Waals surface area contributed by atoms with Crippen molar-refractivity contribution in [3.63, 3.8) is 0 Å². The van der Waals surface area contributed by atoms with Gasteiger partial charge >= 0.3 is 0 Å². The molecule has 0 aliphatic rings. The molecule has 0 aliphatic heterocycles. The fourth-order valence-electron chi connectivity index (χ4n) is 2.24. The summed E-state index contributed by atoms with van der Waals surface area (Å²) in [5, 5.41) is 0. The Balaban J connectivity index is 1.79. The number of benzene rings is 2. The summed E-state index contributed by atoms with van der Waals surface area (Å²) in [5.41, 5.74) is 2.64. The summed E-state index contributed by atoms with van der Waals surface area (Å²) >= 11 is 5.74. The predicted octanol–water partition coefficient (Wildman–Crippen LogP) is 5.31. The SMILES string of the molecule is CC(CCCl)CCOc1ccc(Cc2ccccc2)cc1. The van der Waals surface area contributed by atoms with Crippen molar-refractivity contribution in [2.24, 2.45) is 5.92 Å². The quantitative estimate of drug-likeness (QED) is 0.600. The van der Waals surface area contributed by atoms with Crippen molar-refractivity contribution in [2.45, 2.75) is 26.2 Å². The van der Waals surface area contributed by atoms with Gasteiger partial charge in [-0.25, -0.2) is 0 Å².